The highest BCUT2D eigenvalue weighted by molar-refractivity contribution is 5.83. The maximum absolute atomic E-state index is 10.9. The van der Waals surface area contributed by atoms with Crippen molar-refractivity contribution in [3.8, 4) is 0 Å². The molecule has 0 radical (unpaired) electrons. The molecule has 4 heteroatoms. The van der Waals surface area contributed by atoms with Gasteiger partial charge in [0.2, 0.25) is 5.91 Å². The molecule has 58 valence electrons. The Hall–Kier alpha value is -0.900. The van der Waals surface area contributed by atoms with Crippen LogP contribution >= 0.6 is 0 Å². The minimum absolute atomic E-state index is 0.348. The van der Waals surface area contributed by atoms with Crippen molar-refractivity contribution in [3.63, 3.8) is 0 Å². The highest BCUT2D eigenvalue weighted by atomic mass is 16.2. The van der Waals surface area contributed by atoms with Crippen LogP contribution in [0.2, 0.25) is 1.41 Å². The van der Waals surface area contributed by atoms with E-state index in [1.807, 2.05) is 5.73 Å². The summed E-state index contributed by atoms with van der Waals surface area (Å²) < 4.78 is 6.64. The third-order valence-corrected chi connectivity index (χ3v) is 0.967. The van der Waals surface area contributed by atoms with Crippen molar-refractivity contribution in [2.45, 2.75) is 25.9 Å². The first-order valence-corrected chi connectivity index (χ1v) is 3.04. The molecule has 0 aromatic rings. The quantitative estimate of drug-likeness (QED) is 0.500. The number of hydrogen-bond donors (Lipinski definition) is 2. The van der Waals surface area contributed by atoms with Gasteiger partial charge in [-0.3, -0.25) is 4.79 Å². The van der Waals surface area contributed by atoms with Gasteiger partial charge >= 0.3 is 0 Å². The smallest absolute Gasteiger partial charge is 0.237 e. The van der Waals surface area contributed by atoms with E-state index in [0.717, 1.165) is 0 Å². The number of aldehydes is 1. The van der Waals surface area contributed by atoms with Crippen molar-refractivity contribution in [2.75, 3.05) is 0 Å². The molecule has 0 aromatic carbocycles. The molecule has 0 saturated heterocycles. The van der Waals surface area contributed by atoms with E-state index in [0.29, 0.717) is 6.29 Å². The lowest BCUT2D eigenvalue weighted by atomic mass is 10.3. The molecule has 0 aliphatic carbocycles. The van der Waals surface area contributed by atoms with E-state index in [9.17, 15) is 9.59 Å². The van der Waals surface area contributed by atoms with Crippen LogP contribution in [0.3, 0.4) is 0 Å². The van der Waals surface area contributed by atoms with Crippen molar-refractivity contribution in [2.24, 2.45) is 5.73 Å². The number of rotatable bonds is 4. The summed E-state index contributed by atoms with van der Waals surface area (Å²) in [6.07, 6.45) is 0.633. The molecular formula is C6H12N2O2. The fourth-order valence-corrected chi connectivity index (χ4v) is 0.383. The monoisotopic (exact) mass is 145 g/mol. The first-order valence-electron chi connectivity index (χ1n) is 3.54. The molecule has 0 spiro atoms. The zero-order chi connectivity index (χ0) is 8.85. The summed E-state index contributed by atoms with van der Waals surface area (Å²) >= 11 is 0. The van der Waals surface area contributed by atoms with E-state index in [1.54, 1.807) is 13.8 Å². The maximum Gasteiger partial charge on any atom is 0.237 e. The van der Waals surface area contributed by atoms with Gasteiger partial charge < -0.3 is 15.8 Å². The lowest BCUT2D eigenvalue weighted by molar-refractivity contribution is -0.124. The molecule has 3 N–H and O–H groups in total. The van der Waals surface area contributed by atoms with Crippen LogP contribution in [0.15, 0.2) is 0 Å². The number of nitrogens with one attached hydrogen (secondary N) is 1. The molecule has 0 bridgehead atoms. The van der Waals surface area contributed by atoms with Gasteiger partial charge in [0.25, 0.3) is 0 Å². The van der Waals surface area contributed by atoms with Crippen LogP contribution in [-0.4, -0.2) is 24.3 Å². The van der Waals surface area contributed by atoms with Crippen molar-refractivity contribution in [3.05, 3.63) is 0 Å². The summed E-state index contributed by atoms with van der Waals surface area (Å²) in [5.41, 5.74) is 2.02. The molecule has 1 amide bonds. The Kier molecular flexibility index (Phi) is 2.89. The maximum atomic E-state index is 10.9. The van der Waals surface area contributed by atoms with Gasteiger partial charge in [0.1, 0.15) is 7.70 Å². The van der Waals surface area contributed by atoms with Gasteiger partial charge in [-0.1, -0.05) is 0 Å². The molecule has 0 heterocycles. The molecule has 0 rings (SSSR count). The number of carbonyl (C=O) groups excluding carboxylic acids is 2. The average Bonchev–Trinajstić information content (AvgIpc) is 2.02. The highest BCUT2D eigenvalue weighted by Crippen LogP contribution is 1.78. The second-order valence-corrected chi connectivity index (χ2v) is 2.16. The topological polar surface area (TPSA) is 72.2 Å². The van der Waals surface area contributed by atoms with E-state index in [-0.39, 0.29) is 5.91 Å². The Morgan fingerprint density at radius 2 is 2.40 bits per heavy atom. The normalized spacial score (nSPS) is 16.8. The number of carbonyl (C=O) groups is 2. The number of nitrogens with two attached hydrogens (primary N) is 1. The van der Waals surface area contributed by atoms with Crippen molar-refractivity contribution < 1.29 is 11.0 Å². The minimum atomic E-state index is -0.586. The third-order valence-electron chi connectivity index (χ3n) is 0.967. The van der Waals surface area contributed by atoms with Crippen LogP contribution in [0.25, 0.3) is 0 Å². The third kappa shape index (κ3) is 3.19. The number of amides is 1. The molecule has 2 atom stereocenters. The van der Waals surface area contributed by atoms with E-state index >= 15 is 0 Å². The van der Waals surface area contributed by atoms with E-state index in [1.165, 1.54) is 0 Å². The van der Waals surface area contributed by atoms with Crippen molar-refractivity contribution in [1.29, 1.82) is 0 Å². The zero-order valence-electron chi connectivity index (χ0n) is 7.05. The fourth-order valence-electron chi connectivity index (χ4n) is 0.383. The second-order valence-electron chi connectivity index (χ2n) is 2.16. The van der Waals surface area contributed by atoms with Gasteiger partial charge in [-0.2, -0.15) is 0 Å². The molecule has 0 aliphatic heterocycles. The number of hydrogen-bond acceptors (Lipinski definition) is 3. The largest absolute Gasteiger partial charge is 0.346 e. The first-order chi connectivity index (χ1) is 5.11. The average molecular weight is 145 g/mol. The molecule has 0 fully saturated rings. The van der Waals surface area contributed by atoms with Gasteiger partial charge in [0.05, 0.1) is 12.1 Å². The Labute approximate surface area is 61.2 Å². The summed E-state index contributed by atoms with van der Waals surface area (Å²) in [5, 5.41) is 2.39. The van der Waals surface area contributed by atoms with Crippen molar-refractivity contribution >= 4 is 12.2 Å². The molecule has 0 unspecified atom stereocenters. The van der Waals surface area contributed by atoms with Crippen LogP contribution in [0.5, 0.6) is 0 Å². The Bertz CT molecular complexity index is 152. The second kappa shape index (κ2) is 4.00. The van der Waals surface area contributed by atoms with Crippen LogP contribution in [0, 0.1) is 0 Å². The minimum Gasteiger partial charge on any atom is -0.346 e. The SMILES string of the molecule is [2H]N[C@H](C)C(=O)N[C@@H](C)C=O. The van der Waals surface area contributed by atoms with Gasteiger partial charge in [0.15, 0.2) is 0 Å². The zero-order valence-corrected chi connectivity index (χ0v) is 6.05. The van der Waals surface area contributed by atoms with E-state index in [4.69, 9.17) is 1.41 Å². The molecule has 4 nitrogen and oxygen atoms in total. The van der Waals surface area contributed by atoms with Crippen LogP contribution in [0.4, 0.5) is 0 Å². The summed E-state index contributed by atoms with van der Waals surface area (Å²) in [7, 11) is 0. The van der Waals surface area contributed by atoms with Gasteiger partial charge in [0, 0.05) is 0 Å². The molecule has 0 aliphatic rings. The Morgan fingerprint density at radius 3 is 2.80 bits per heavy atom. The standard InChI is InChI=1S/C6H12N2O2/c1-4(3-9)8-6(10)5(2)7/h3-5H,7H2,1-2H3,(H,8,10)/t4-,5+/m0/s1/i/hD. The summed E-state index contributed by atoms with van der Waals surface area (Å²) in [6.45, 7) is 3.11. The van der Waals surface area contributed by atoms with Crippen LogP contribution < -0.4 is 11.0 Å². The lowest BCUT2D eigenvalue weighted by Crippen LogP contribution is -2.43. The first kappa shape index (κ1) is 7.21. The lowest BCUT2D eigenvalue weighted by Gasteiger charge is -2.08. The highest BCUT2D eigenvalue weighted by Gasteiger charge is 2.08. The van der Waals surface area contributed by atoms with E-state index < -0.39 is 12.1 Å². The molecular weight excluding hydrogens is 132 g/mol. The Morgan fingerprint density at radius 1 is 1.80 bits per heavy atom. The van der Waals surface area contributed by atoms with Gasteiger partial charge in [-0.05, 0) is 13.8 Å². The summed E-state index contributed by atoms with van der Waals surface area (Å²) in [6, 6.07) is -1.07. The summed E-state index contributed by atoms with van der Waals surface area (Å²) in [5.74, 6) is -0.348. The molecule has 10 heavy (non-hydrogen) atoms. The summed E-state index contributed by atoms with van der Waals surface area (Å²) in [4.78, 5) is 21.0. The van der Waals surface area contributed by atoms with Crippen LogP contribution in [-0.2, 0) is 9.59 Å². The predicted octanol–water partition coefficient (Wildman–Crippen LogP) is -0.963. The van der Waals surface area contributed by atoms with Gasteiger partial charge in [-0.25, -0.2) is 0 Å². The fraction of sp³-hybridized carbons (Fsp3) is 0.667. The Balaban J connectivity index is 3.76. The molecule has 0 saturated carbocycles. The van der Waals surface area contributed by atoms with Crippen molar-refractivity contribution in [1.82, 2.24) is 5.32 Å². The molecule has 0 aromatic heterocycles. The van der Waals surface area contributed by atoms with Gasteiger partial charge in [-0.15, -0.1) is 0 Å². The predicted molar refractivity (Wildman–Crippen MR) is 37.3 cm³/mol. The van der Waals surface area contributed by atoms with Crippen LogP contribution in [0.1, 0.15) is 13.8 Å². The van der Waals surface area contributed by atoms with E-state index in [2.05, 4.69) is 5.32 Å².